The molecule has 0 spiro atoms. The van der Waals surface area contributed by atoms with Gasteiger partial charge in [0.05, 0.1) is 6.61 Å². The number of aliphatic hydroxyl groups excluding tert-OH is 1. The van der Waals surface area contributed by atoms with E-state index in [4.69, 9.17) is 4.74 Å². The summed E-state index contributed by atoms with van der Waals surface area (Å²) in [6.07, 6.45) is 12.3. The number of amides is 1. The number of carbonyl (C=O) groups excluding carboxylic acids is 1. The van der Waals surface area contributed by atoms with Gasteiger partial charge in [0.2, 0.25) is 0 Å². The molecule has 1 aromatic rings. The van der Waals surface area contributed by atoms with Gasteiger partial charge in [-0.1, -0.05) is 25.3 Å². The first kappa shape index (κ1) is 19.4. The predicted molar refractivity (Wildman–Crippen MR) is 113 cm³/mol. The number of hydrogen-bond donors (Lipinski definition) is 2. The third-order valence-electron chi connectivity index (χ3n) is 8.34. The first-order valence-corrected chi connectivity index (χ1v) is 11.8. The van der Waals surface area contributed by atoms with Gasteiger partial charge in [0, 0.05) is 18.2 Å². The van der Waals surface area contributed by atoms with Gasteiger partial charge >= 0.3 is 0 Å². The molecule has 0 radical (unpaired) electrons. The van der Waals surface area contributed by atoms with E-state index in [0.29, 0.717) is 29.9 Å². The highest BCUT2D eigenvalue weighted by molar-refractivity contribution is 5.94. The molecule has 5 saturated carbocycles. The second-order valence-electron chi connectivity index (χ2n) is 10.5. The molecule has 29 heavy (non-hydrogen) atoms. The largest absolute Gasteiger partial charge is 0.493 e. The van der Waals surface area contributed by atoms with Crippen molar-refractivity contribution >= 4 is 5.91 Å². The second-order valence-corrected chi connectivity index (χ2v) is 10.5. The van der Waals surface area contributed by atoms with E-state index in [2.05, 4.69) is 5.32 Å². The van der Waals surface area contributed by atoms with E-state index >= 15 is 0 Å². The van der Waals surface area contributed by atoms with Crippen LogP contribution in [-0.2, 0) is 0 Å². The maximum atomic E-state index is 13.0. The Labute approximate surface area is 174 Å². The summed E-state index contributed by atoms with van der Waals surface area (Å²) < 4.78 is 6.04. The molecule has 1 aromatic carbocycles. The smallest absolute Gasteiger partial charge is 0.251 e. The van der Waals surface area contributed by atoms with Crippen LogP contribution in [0.5, 0.6) is 5.75 Å². The number of ether oxygens (including phenoxy) is 1. The molecule has 4 nitrogen and oxygen atoms in total. The quantitative estimate of drug-likeness (QED) is 0.740. The molecular formula is C25H35NO3. The van der Waals surface area contributed by atoms with E-state index in [0.717, 1.165) is 31.1 Å². The Kier molecular flexibility index (Phi) is 5.32. The highest BCUT2D eigenvalue weighted by Crippen LogP contribution is 2.59. The van der Waals surface area contributed by atoms with Crippen molar-refractivity contribution in [3.8, 4) is 5.75 Å². The van der Waals surface area contributed by atoms with E-state index < -0.39 is 0 Å². The molecule has 2 N–H and O–H groups in total. The average molecular weight is 398 g/mol. The Balaban J connectivity index is 1.21. The highest BCUT2D eigenvalue weighted by atomic mass is 16.5. The van der Waals surface area contributed by atoms with Crippen molar-refractivity contribution in [1.29, 1.82) is 0 Å². The van der Waals surface area contributed by atoms with Gasteiger partial charge in [0.15, 0.2) is 0 Å². The molecular weight excluding hydrogens is 362 g/mol. The number of carbonyl (C=O) groups is 1. The minimum atomic E-state index is 0.0311. The minimum Gasteiger partial charge on any atom is -0.493 e. The fourth-order valence-corrected chi connectivity index (χ4v) is 7.15. The molecule has 1 amide bonds. The van der Waals surface area contributed by atoms with Crippen LogP contribution < -0.4 is 10.1 Å². The molecule has 0 aromatic heterocycles. The zero-order valence-corrected chi connectivity index (χ0v) is 17.4. The number of benzene rings is 1. The van der Waals surface area contributed by atoms with Gasteiger partial charge in [-0.25, -0.2) is 0 Å². The number of rotatable bonds is 6. The Morgan fingerprint density at radius 3 is 2.59 bits per heavy atom. The Morgan fingerprint density at radius 2 is 1.86 bits per heavy atom. The Hall–Kier alpha value is -1.55. The molecule has 3 unspecified atom stereocenters. The first-order valence-electron chi connectivity index (χ1n) is 11.8. The fourth-order valence-electron chi connectivity index (χ4n) is 7.15. The Morgan fingerprint density at radius 1 is 1.10 bits per heavy atom. The molecule has 0 heterocycles. The van der Waals surface area contributed by atoms with Crippen LogP contribution in [0.1, 0.15) is 74.6 Å². The molecule has 5 aliphatic rings. The third kappa shape index (κ3) is 3.93. The number of hydrogen-bond acceptors (Lipinski definition) is 3. The maximum Gasteiger partial charge on any atom is 0.251 e. The summed E-state index contributed by atoms with van der Waals surface area (Å²) in [6, 6.07) is 7.97. The van der Waals surface area contributed by atoms with E-state index in [1.807, 2.05) is 24.3 Å². The lowest BCUT2D eigenvalue weighted by atomic mass is 9.48. The predicted octanol–water partition coefficient (Wildman–Crippen LogP) is 4.56. The molecule has 158 valence electrons. The Bertz CT molecular complexity index is 725. The van der Waals surface area contributed by atoms with Crippen molar-refractivity contribution < 1.29 is 14.6 Å². The summed E-state index contributed by atoms with van der Waals surface area (Å²) >= 11 is 0. The van der Waals surface area contributed by atoms with E-state index in [1.54, 1.807) is 0 Å². The fraction of sp³-hybridized carbons (Fsp3) is 0.720. The van der Waals surface area contributed by atoms with Crippen LogP contribution in [0.2, 0.25) is 0 Å². The molecule has 4 bridgehead atoms. The maximum absolute atomic E-state index is 13.0. The van der Waals surface area contributed by atoms with Crippen molar-refractivity contribution in [2.75, 3.05) is 13.2 Å². The lowest BCUT2D eigenvalue weighted by Gasteiger charge is -2.59. The number of aliphatic hydroxyl groups is 1. The molecule has 6 rings (SSSR count). The summed E-state index contributed by atoms with van der Waals surface area (Å²) in [5.41, 5.74) is 0.849. The third-order valence-corrected chi connectivity index (χ3v) is 8.34. The monoisotopic (exact) mass is 397 g/mol. The van der Waals surface area contributed by atoms with Gasteiger partial charge in [-0.05, 0) is 92.2 Å². The normalized spacial score (nSPS) is 36.2. The van der Waals surface area contributed by atoms with E-state index in [9.17, 15) is 9.90 Å². The van der Waals surface area contributed by atoms with Gasteiger partial charge in [-0.2, -0.15) is 0 Å². The lowest BCUT2D eigenvalue weighted by molar-refractivity contribution is -0.0969. The summed E-state index contributed by atoms with van der Waals surface area (Å²) in [4.78, 5) is 13.0. The SMILES string of the molecule is O=C(NC1[C@@H]2CC3C[C@H]1CC(CO)(C3)C2)c1cccc(OCC2CCCCC2)c1. The van der Waals surface area contributed by atoms with Crippen molar-refractivity contribution in [2.24, 2.45) is 29.1 Å². The summed E-state index contributed by atoms with van der Waals surface area (Å²) in [5, 5.41) is 13.3. The lowest BCUT2D eigenvalue weighted by Crippen LogP contribution is -2.60. The van der Waals surface area contributed by atoms with Gasteiger partial charge in [0.1, 0.15) is 5.75 Å². The molecule has 4 heteroatoms. The van der Waals surface area contributed by atoms with Crippen molar-refractivity contribution in [3.63, 3.8) is 0 Å². The van der Waals surface area contributed by atoms with Crippen LogP contribution >= 0.6 is 0 Å². The second kappa shape index (κ2) is 7.94. The molecule has 0 saturated heterocycles. The van der Waals surface area contributed by atoms with Crippen molar-refractivity contribution in [3.05, 3.63) is 29.8 Å². The van der Waals surface area contributed by atoms with Crippen LogP contribution in [0.4, 0.5) is 0 Å². The van der Waals surface area contributed by atoms with Crippen LogP contribution in [0.3, 0.4) is 0 Å². The van der Waals surface area contributed by atoms with Crippen LogP contribution in [0.15, 0.2) is 24.3 Å². The van der Waals surface area contributed by atoms with E-state index in [1.165, 1.54) is 51.4 Å². The molecule has 5 fully saturated rings. The van der Waals surface area contributed by atoms with Gasteiger partial charge in [-0.3, -0.25) is 4.79 Å². The number of nitrogens with one attached hydrogen (secondary N) is 1. The van der Waals surface area contributed by atoms with Crippen molar-refractivity contribution in [2.45, 2.75) is 70.3 Å². The average Bonchev–Trinajstić information content (AvgIpc) is 2.75. The standard InChI is InChI=1S/C25H35NO3/c27-16-25-12-18-9-20(13-25)23(21(10-18)14-25)26-24(28)19-7-4-8-22(11-19)29-15-17-5-2-1-3-6-17/h4,7-8,11,17-18,20-21,23,27H,1-3,5-6,9-10,12-16H2,(H,26,28)/t18?,20-,21+,23?,25?. The first-order chi connectivity index (χ1) is 14.1. The topological polar surface area (TPSA) is 58.6 Å². The summed E-state index contributed by atoms with van der Waals surface area (Å²) in [5.74, 6) is 3.32. The van der Waals surface area contributed by atoms with Gasteiger partial charge < -0.3 is 15.2 Å². The summed E-state index contributed by atoms with van der Waals surface area (Å²) in [6.45, 7) is 1.08. The summed E-state index contributed by atoms with van der Waals surface area (Å²) in [7, 11) is 0. The van der Waals surface area contributed by atoms with E-state index in [-0.39, 0.29) is 17.4 Å². The van der Waals surface area contributed by atoms with Crippen molar-refractivity contribution in [1.82, 2.24) is 5.32 Å². The van der Waals surface area contributed by atoms with Crippen LogP contribution in [-0.4, -0.2) is 30.3 Å². The van der Waals surface area contributed by atoms with Crippen LogP contribution in [0.25, 0.3) is 0 Å². The zero-order chi connectivity index (χ0) is 19.8. The molecule has 0 aliphatic heterocycles. The zero-order valence-electron chi connectivity index (χ0n) is 17.4. The van der Waals surface area contributed by atoms with Gasteiger partial charge in [0.25, 0.3) is 5.91 Å². The highest BCUT2D eigenvalue weighted by Gasteiger charge is 2.55. The minimum absolute atomic E-state index is 0.0311. The van der Waals surface area contributed by atoms with Gasteiger partial charge in [-0.15, -0.1) is 0 Å². The molecule has 5 atom stereocenters. The van der Waals surface area contributed by atoms with Crippen LogP contribution in [0, 0.1) is 29.1 Å². The molecule has 5 aliphatic carbocycles.